The van der Waals surface area contributed by atoms with Gasteiger partial charge in [-0.3, -0.25) is 4.79 Å². The van der Waals surface area contributed by atoms with E-state index < -0.39 is 12.1 Å². The average Bonchev–Trinajstić information content (AvgIpc) is 3.12. The van der Waals surface area contributed by atoms with Crippen molar-refractivity contribution in [2.24, 2.45) is 17.8 Å². The monoisotopic (exact) mass is 397 g/mol. The first-order chi connectivity index (χ1) is 14.0. The number of fused-ring (bicyclic) bond motifs is 1. The molecule has 4 bridgehead atoms. The van der Waals surface area contributed by atoms with Gasteiger partial charge in [0.1, 0.15) is 5.75 Å². The molecule has 0 radical (unpaired) electrons. The van der Waals surface area contributed by atoms with E-state index in [1.165, 1.54) is 36.8 Å². The smallest absolute Gasteiger partial charge is 0.344 e. The normalized spacial score (nSPS) is 32.5. The van der Waals surface area contributed by atoms with Gasteiger partial charge in [0.2, 0.25) is 0 Å². The lowest BCUT2D eigenvalue weighted by molar-refractivity contribution is -0.158. The molecule has 1 aromatic carbocycles. The molecule has 0 aromatic heterocycles. The molecule has 1 aromatic rings. The molecule has 5 nitrogen and oxygen atoms in total. The van der Waals surface area contributed by atoms with Crippen LogP contribution in [0.15, 0.2) is 18.2 Å². The summed E-state index contributed by atoms with van der Waals surface area (Å²) < 4.78 is 11.0. The van der Waals surface area contributed by atoms with Crippen LogP contribution in [-0.2, 0) is 27.2 Å². The number of amides is 1. The Morgan fingerprint density at radius 3 is 2.41 bits per heavy atom. The summed E-state index contributed by atoms with van der Waals surface area (Å²) in [7, 11) is 0. The fourth-order valence-corrected chi connectivity index (χ4v) is 6.69. The van der Waals surface area contributed by atoms with Gasteiger partial charge in [-0.15, -0.1) is 0 Å². The highest BCUT2D eigenvalue weighted by Gasteiger charge is 2.51. The van der Waals surface area contributed by atoms with Crippen LogP contribution in [0.2, 0.25) is 0 Å². The second-order valence-corrected chi connectivity index (χ2v) is 9.89. The van der Waals surface area contributed by atoms with Crippen molar-refractivity contribution in [3.63, 3.8) is 0 Å². The summed E-state index contributed by atoms with van der Waals surface area (Å²) in [6, 6.07) is 5.99. The Morgan fingerprint density at radius 2 is 1.72 bits per heavy atom. The maximum atomic E-state index is 12.7. The standard InChI is InChI=1S/C24H31NO4/c1-15(23(27)25-24-11-16-7-17(12-24)9-18(8-16)13-24)29-22(26)14-28-21-6-5-19-3-2-4-20(19)10-21/h5-6,10,15-18H,2-4,7-9,11-14H2,1H3,(H,25,27)/t15-,16?,17?,18?,24?/m0/s1. The highest BCUT2D eigenvalue weighted by Crippen LogP contribution is 2.55. The maximum absolute atomic E-state index is 12.7. The number of ether oxygens (including phenoxy) is 2. The number of esters is 1. The van der Waals surface area contributed by atoms with E-state index in [1.54, 1.807) is 6.92 Å². The Morgan fingerprint density at radius 1 is 1.07 bits per heavy atom. The molecule has 4 saturated carbocycles. The third kappa shape index (κ3) is 3.88. The van der Waals surface area contributed by atoms with Crippen LogP contribution in [0.3, 0.4) is 0 Å². The zero-order chi connectivity index (χ0) is 20.0. The summed E-state index contributed by atoms with van der Waals surface area (Å²) in [5.74, 6) is 2.31. The second-order valence-electron chi connectivity index (χ2n) is 9.89. The Bertz CT molecular complexity index is 782. The number of carbonyl (C=O) groups is 2. The first-order valence-electron chi connectivity index (χ1n) is 11.2. The molecule has 0 heterocycles. The van der Waals surface area contributed by atoms with Gasteiger partial charge >= 0.3 is 5.97 Å². The molecular formula is C24H31NO4. The van der Waals surface area contributed by atoms with E-state index in [2.05, 4.69) is 11.4 Å². The van der Waals surface area contributed by atoms with E-state index >= 15 is 0 Å². The van der Waals surface area contributed by atoms with Crippen molar-refractivity contribution < 1.29 is 19.1 Å². The molecule has 5 aliphatic carbocycles. The Balaban J connectivity index is 1.12. The number of nitrogens with one attached hydrogen (secondary N) is 1. The van der Waals surface area contributed by atoms with Crippen molar-refractivity contribution in [1.82, 2.24) is 5.32 Å². The first-order valence-corrected chi connectivity index (χ1v) is 11.2. The van der Waals surface area contributed by atoms with Crippen molar-refractivity contribution in [2.75, 3.05) is 6.61 Å². The van der Waals surface area contributed by atoms with Crippen molar-refractivity contribution in [1.29, 1.82) is 0 Å². The lowest BCUT2D eigenvalue weighted by atomic mass is 9.53. The van der Waals surface area contributed by atoms with Gasteiger partial charge < -0.3 is 14.8 Å². The molecule has 29 heavy (non-hydrogen) atoms. The number of hydrogen-bond donors (Lipinski definition) is 1. The summed E-state index contributed by atoms with van der Waals surface area (Å²) in [5.41, 5.74) is 2.61. The van der Waals surface area contributed by atoms with Crippen LogP contribution in [0.5, 0.6) is 5.75 Å². The zero-order valence-corrected chi connectivity index (χ0v) is 17.2. The Labute approximate surface area is 172 Å². The zero-order valence-electron chi connectivity index (χ0n) is 17.2. The minimum Gasteiger partial charge on any atom is -0.482 e. The van der Waals surface area contributed by atoms with Crippen LogP contribution < -0.4 is 10.1 Å². The van der Waals surface area contributed by atoms with Crippen molar-refractivity contribution >= 4 is 11.9 Å². The van der Waals surface area contributed by atoms with Gasteiger partial charge in [0.15, 0.2) is 12.7 Å². The van der Waals surface area contributed by atoms with Crippen LogP contribution in [-0.4, -0.2) is 30.1 Å². The summed E-state index contributed by atoms with van der Waals surface area (Å²) in [6.07, 6.45) is 9.84. The fourth-order valence-electron chi connectivity index (χ4n) is 6.69. The molecular weight excluding hydrogens is 366 g/mol. The molecule has 1 atom stereocenters. The lowest BCUT2D eigenvalue weighted by Crippen LogP contribution is -2.61. The average molecular weight is 398 g/mol. The SMILES string of the molecule is C[C@H](OC(=O)COc1ccc2c(c1)CCC2)C(=O)NC12CC3CC(CC(C3)C1)C2. The fraction of sp³-hybridized carbons (Fsp3) is 0.667. The van der Waals surface area contributed by atoms with E-state index in [0.29, 0.717) is 5.75 Å². The summed E-state index contributed by atoms with van der Waals surface area (Å²) in [4.78, 5) is 24.9. The van der Waals surface area contributed by atoms with Gasteiger partial charge in [0.05, 0.1) is 0 Å². The number of benzene rings is 1. The molecule has 5 aliphatic rings. The molecule has 4 fully saturated rings. The molecule has 156 valence electrons. The van der Waals surface area contributed by atoms with Crippen molar-refractivity contribution in [3.05, 3.63) is 29.3 Å². The number of rotatable bonds is 6. The maximum Gasteiger partial charge on any atom is 0.344 e. The molecule has 1 N–H and O–H groups in total. The summed E-state index contributed by atoms with van der Waals surface area (Å²) in [5, 5.41) is 3.27. The predicted molar refractivity (Wildman–Crippen MR) is 109 cm³/mol. The van der Waals surface area contributed by atoms with E-state index in [4.69, 9.17) is 9.47 Å². The third-order valence-electron chi connectivity index (χ3n) is 7.53. The van der Waals surface area contributed by atoms with E-state index in [1.807, 2.05) is 12.1 Å². The highest BCUT2D eigenvalue weighted by molar-refractivity contribution is 5.84. The molecule has 5 heteroatoms. The van der Waals surface area contributed by atoms with Crippen LogP contribution in [0, 0.1) is 17.8 Å². The molecule has 0 saturated heterocycles. The van der Waals surface area contributed by atoms with E-state index in [9.17, 15) is 9.59 Å². The third-order valence-corrected chi connectivity index (χ3v) is 7.53. The van der Waals surface area contributed by atoms with Gasteiger partial charge in [-0.25, -0.2) is 4.79 Å². The number of hydrogen-bond acceptors (Lipinski definition) is 4. The van der Waals surface area contributed by atoms with Gasteiger partial charge in [-0.1, -0.05) is 6.07 Å². The van der Waals surface area contributed by atoms with E-state index in [-0.39, 0.29) is 18.1 Å². The minimum absolute atomic E-state index is 0.0621. The van der Waals surface area contributed by atoms with Crippen LogP contribution in [0.1, 0.15) is 63.0 Å². The van der Waals surface area contributed by atoms with Gasteiger partial charge in [-0.2, -0.15) is 0 Å². The molecule has 0 spiro atoms. The molecule has 0 unspecified atom stereocenters. The molecule has 1 amide bonds. The molecule has 0 aliphatic heterocycles. The summed E-state index contributed by atoms with van der Waals surface area (Å²) >= 11 is 0. The number of carbonyl (C=O) groups excluding carboxylic acids is 2. The Hall–Kier alpha value is -2.04. The lowest BCUT2D eigenvalue weighted by Gasteiger charge is -2.57. The predicted octanol–water partition coefficient (Wildman–Crippen LogP) is 3.57. The highest BCUT2D eigenvalue weighted by atomic mass is 16.6. The minimum atomic E-state index is -0.792. The van der Waals surface area contributed by atoms with Crippen molar-refractivity contribution in [3.8, 4) is 5.75 Å². The van der Waals surface area contributed by atoms with Crippen LogP contribution in [0.4, 0.5) is 0 Å². The Kier molecular flexibility index (Phi) is 4.79. The van der Waals surface area contributed by atoms with Gasteiger partial charge in [0.25, 0.3) is 5.91 Å². The first kappa shape index (κ1) is 19.0. The van der Waals surface area contributed by atoms with Gasteiger partial charge in [0, 0.05) is 5.54 Å². The van der Waals surface area contributed by atoms with Crippen molar-refractivity contribution in [2.45, 2.75) is 76.4 Å². The topological polar surface area (TPSA) is 64.6 Å². The summed E-state index contributed by atoms with van der Waals surface area (Å²) in [6.45, 7) is 1.48. The van der Waals surface area contributed by atoms with Crippen LogP contribution in [0.25, 0.3) is 0 Å². The largest absolute Gasteiger partial charge is 0.482 e. The number of aryl methyl sites for hydroxylation is 2. The van der Waals surface area contributed by atoms with Gasteiger partial charge in [-0.05, 0) is 106 Å². The molecule has 6 rings (SSSR count). The second kappa shape index (κ2) is 7.33. The van der Waals surface area contributed by atoms with Crippen LogP contribution >= 0.6 is 0 Å². The quantitative estimate of drug-likeness (QED) is 0.746. The van der Waals surface area contributed by atoms with E-state index in [0.717, 1.165) is 49.9 Å².